The zero-order valence-electron chi connectivity index (χ0n) is 9.00. The Morgan fingerprint density at radius 2 is 1.62 bits per heavy atom. The van der Waals surface area contributed by atoms with Crippen molar-refractivity contribution >= 4 is 0 Å². The van der Waals surface area contributed by atoms with Crippen LogP contribution in [-0.2, 0) is 14.2 Å². The number of allylic oxidation sites excluding steroid dienone is 1. The third kappa shape index (κ3) is 6.61. The Balaban J connectivity index is 3.96. The Morgan fingerprint density at radius 3 is 2.00 bits per heavy atom. The smallest absolute Gasteiger partial charge is 0.180 e. The van der Waals surface area contributed by atoms with Crippen molar-refractivity contribution in [2.75, 3.05) is 19.8 Å². The van der Waals surface area contributed by atoms with Crippen LogP contribution in [0.15, 0.2) is 11.8 Å². The van der Waals surface area contributed by atoms with Crippen LogP contribution < -0.4 is 0 Å². The molecule has 0 aromatic rings. The summed E-state index contributed by atoms with van der Waals surface area (Å²) in [5.41, 5.74) is 0. The molecule has 0 bridgehead atoms. The summed E-state index contributed by atoms with van der Waals surface area (Å²) in [6.45, 7) is 9.68. The zero-order valence-corrected chi connectivity index (χ0v) is 9.00. The molecule has 0 aromatic heterocycles. The topological polar surface area (TPSA) is 27.7 Å². The summed E-state index contributed by atoms with van der Waals surface area (Å²) in [7, 11) is 0. The molecule has 0 amide bonds. The summed E-state index contributed by atoms with van der Waals surface area (Å²) in [5, 5.41) is 0. The van der Waals surface area contributed by atoms with Crippen LogP contribution in [0.3, 0.4) is 0 Å². The predicted molar refractivity (Wildman–Crippen MR) is 52.4 cm³/mol. The monoisotopic (exact) mass is 188 g/mol. The second-order valence-electron chi connectivity index (χ2n) is 2.49. The van der Waals surface area contributed by atoms with E-state index in [-0.39, 0.29) is 6.29 Å². The average molecular weight is 188 g/mol. The first-order valence-corrected chi connectivity index (χ1v) is 4.78. The Hall–Kier alpha value is -0.540. The van der Waals surface area contributed by atoms with Gasteiger partial charge < -0.3 is 14.2 Å². The highest BCUT2D eigenvalue weighted by Crippen LogP contribution is 2.03. The Kier molecular flexibility index (Phi) is 7.74. The molecule has 3 heteroatoms. The molecule has 0 unspecified atom stereocenters. The zero-order chi connectivity index (χ0) is 10.1. The van der Waals surface area contributed by atoms with Crippen LogP contribution in [0, 0.1) is 0 Å². The lowest BCUT2D eigenvalue weighted by atomic mass is 10.4. The first-order valence-electron chi connectivity index (χ1n) is 4.78. The highest BCUT2D eigenvalue weighted by molar-refractivity contribution is 4.91. The lowest BCUT2D eigenvalue weighted by molar-refractivity contribution is -0.105. The van der Waals surface area contributed by atoms with Gasteiger partial charge in [0.25, 0.3) is 0 Å². The number of rotatable bonds is 7. The van der Waals surface area contributed by atoms with Gasteiger partial charge in [-0.2, -0.15) is 0 Å². The van der Waals surface area contributed by atoms with Gasteiger partial charge in [-0.3, -0.25) is 0 Å². The van der Waals surface area contributed by atoms with E-state index in [1.807, 2.05) is 33.8 Å². The molecular formula is C10H20O3. The standard InChI is InChI=1S/C10H20O3/c1-5-11-9(4)8-10(12-6-2)13-7-3/h8,10H,5-7H2,1-4H3. The Bertz CT molecular complexity index is 137. The van der Waals surface area contributed by atoms with Crippen molar-refractivity contribution in [2.45, 2.75) is 34.0 Å². The maximum atomic E-state index is 5.32. The van der Waals surface area contributed by atoms with E-state index in [4.69, 9.17) is 14.2 Å². The summed E-state index contributed by atoms with van der Waals surface area (Å²) < 4.78 is 15.9. The SMILES string of the molecule is CCOC(C)=CC(OCC)OCC. The molecule has 0 aromatic carbocycles. The molecule has 0 N–H and O–H groups in total. The predicted octanol–water partition coefficient (Wildman–Crippen LogP) is 2.33. The average Bonchev–Trinajstić information content (AvgIpc) is 2.05. The van der Waals surface area contributed by atoms with E-state index in [1.165, 1.54) is 0 Å². The molecule has 0 aliphatic rings. The second kappa shape index (κ2) is 8.08. The molecule has 0 aliphatic carbocycles. The fraction of sp³-hybridized carbons (Fsp3) is 0.800. The summed E-state index contributed by atoms with van der Waals surface area (Å²) in [4.78, 5) is 0. The molecule has 3 nitrogen and oxygen atoms in total. The van der Waals surface area contributed by atoms with Crippen LogP contribution in [0.25, 0.3) is 0 Å². The first-order chi connectivity index (χ1) is 6.24. The van der Waals surface area contributed by atoms with E-state index in [9.17, 15) is 0 Å². The largest absolute Gasteiger partial charge is 0.499 e. The van der Waals surface area contributed by atoms with Gasteiger partial charge in [0.05, 0.1) is 12.4 Å². The molecule has 0 rings (SSSR count). The number of ether oxygens (including phenoxy) is 3. The molecule has 0 aliphatic heterocycles. The molecule has 0 saturated heterocycles. The van der Waals surface area contributed by atoms with E-state index in [1.54, 1.807) is 0 Å². The lowest BCUT2D eigenvalue weighted by Gasteiger charge is -2.14. The van der Waals surface area contributed by atoms with Gasteiger partial charge in [-0.25, -0.2) is 0 Å². The Labute approximate surface area is 80.7 Å². The van der Waals surface area contributed by atoms with Crippen LogP contribution in [0.4, 0.5) is 0 Å². The van der Waals surface area contributed by atoms with Crippen molar-refractivity contribution < 1.29 is 14.2 Å². The van der Waals surface area contributed by atoms with Crippen LogP contribution in [0.5, 0.6) is 0 Å². The van der Waals surface area contributed by atoms with E-state index in [2.05, 4.69) is 0 Å². The molecule has 0 spiro atoms. The van der Waals surface area contributed by atoms with E-state index in [0.717, 1.165) is 5.76 Å². The highest BCUT2D eigenvalue weighted by Gasteiger charge is 2.04. The van der Waals surface area contributed by atoms with Gasteiger partial charge in [-0.05, 0) is 27.7 Å². The third-order valence-electron chi connectivity index (χ3n) is 1.40. The van der Waals surface area contributed by atoms with Crippen molar-refractivity contribution in [3.63, 3.8) is 0 Å². The van der Waals surface area contributed by atoms with Crippen LogP contribution >= 0.6 is 0 Å². The van der Waals surface area contributed by atoms with Crippen molar-refractivity contribution in [3.8, 4) is 0 Å². The Morgan fingerprint density at radius 1 is 1.08 bits per heavy atom. The van der Waals surface area contributed by atoms with Crippen LogP contribution in [0.2, 0.25) is 0 Å². The van der Waals surface area contributed by atoms with Crippen molar-refractivity contribution in [2.24, 2.45) is 0 Å². The molecule has 0 heterocycles. The van der Waals surface area contributed by atoms with Crippen LogP contribution in [-0.4, -0.2) is 26.1 Å². The minimum absolute atomic E-state index is 0.276. The van der Waals surface area contributed by atoms with Crippen LogP contribution in [0.1, 0.15) is 27.7 Å². The molecule has 0 atom stereocenters. The molecule has 0 radical (unpaired) electrons. The fourth-order valence-electron chi connectivity index (χ4n) is 0.940. The summed E-state index contributed by atoms with van der Waals surface area (Å²) in [5.74, 6) is 0.842. The van der Waals surface area contributed by atoms with E-state index >= 15 is 0 Å². The third-order valence-corrected chi connectivity index (χ3v) is 1.40. The molecule has 0 saturated carbocycles. The van der Waals surface area contributed by atoms with Gasteiger partial charge in [0.15, 0.2) is 6.29 Å². The molecule has 0 fully saturated rings. The molecular weight excluding hydrogens is 168 g/mol. The quantitative estimate of drug-likeness (QED) is 0.453. The second-order valence-corrected chi connectivity index (χ2v) is 2.49. The van der Waals surface area contributed by atoms with Crippen molar-refractivity contribution in [1.29, 1.82) is 0 Å². The first kappa shape index (κ1) is 12.5. The van der Waals surface area contributed by atoms with E-state index < -0.39 is 0 Å². The lowest BCUT2D eigenvalue weighted by Crippen LogP contribution is -2.15. The van der Waals surface area contributed by atoms with Crippen molar-refractivity contribution in [1.82, 2.24) is 0 Å². The van der Waals surface area contributed by atoms with Gasteiger partial charge in [0, 0.05) is 19.3 Å². The maximum absolute atomic E-state index is 5.32. The number of hydrogen-bond donors (Lipinski definition) is 0. The minimum atomic E-state index is -0.276. The number of hydrogen-bond acceptors (Lipinski definition) is 3. The highest BCUT2D eigenvalue weighted by atomic mass is 16.7. The van der Waals surface area contributed by atoms with Gasteiger partial charge >= 0.3 is 0 Å². The van der Waals surface area contributed by atoms with Crippen molar-refractivity contribution in [3.05, 3.63) is 11.8 Å². The fourth-order valence-corrected chi connectivity index (χ4v) is 0.940. The van der Waals surface area contributed by atoms with Gasteiger partial charge in [-0.15, -0.1) is 0 Å². The molecule has 78 valence electrons. The minimum Gasteiger partial charge on any atom is -0.499 e. The summed E-state index contributed by atoms with van der Waals surface area (Å²) >= 11 is 0. The molecule has 13 heavy (non-hydrogen) atoms. The normalized spacial score (nSPS) is 12.2. The maximum Gasteiger partial charge on any atom is 0.180 e. The van der Waals surface area contributed by atoms with Gasteiger partial charge in [0.1, 0.15) is 0 Å². The summed E-state index contributed by atoms with van der Waals surface area (Å²) in [6.07, 6.45) is 1.57. The van der Waals surface area contributed by atoms with Gasteiger partial charge in [0.2, 0.25) is 0 Å². The summed E-state index contributed by atoms with van der Waals surface area (Å²) in [6, 6.07) is 0. The van der Waals surface area contributed by atoms with E-state index in [0.29, 0.717) is 19.8 Å². The van der Waals surface area contributed by atoms with Gasteiger partial charge in [-0.1, -0.05) is 0 Å².